The lowest BCUT2D eigenvalue weighted by Crippen LogP contribution is -2.16. The Bertz CT molecular complexity index is 246. The fraction of sp³-hybridized carbons (Fsp3) is 0.800. The summed E-state index contributed by atoms with van der Waals surface area (Å²) in [6, 6.07) is 0. The minimum atomic E-state index is 1.09. The molecule has 3 nitrogen and oxygen atoms in total. The van der Waals surface area contributed by atoms with Crippen LogP contribution in [0.3, 0.4) is 0 Å². The lowest BCUT2D eigenvalue weighted by molar-refractivity contribution is 0.559. The molecule has 0 aromatic rings. The van der Waals surface area contributed by atoms with Crippen molar-refractivity contribution in [3.05, 3.63) is 11.9 Å². The lowest BCUT2D eigenvalue weighted by Gasteiger charge is -2.04. The molecule has 0 fully saturated rings. The van der Waals surface area contributed by atoms with Gasteiger partial charge < -0.3 is 5.32 Å². The molecule has 0 aliphatic carbocycles. The van der Waals surface area contributed by atoms with Gasteiger partial charge in [0.15, 0.2) is 0 Å². The largest absolute Gasteiger partial charge is 0.317 e. The van der Waals surface area contributed by atoms with Gasteiger partial charge in [0.1, 0.15) is 6.34 Å². The molecule has 0 spiro atoms. The molecule has 18 heavy (non-hydrogen) atoms. The first-order chi connectivity index (χ1) is 8.93. The van der Waals surface area contributed by atoms with Crippen LogP contribution in [0.4, 0.5) is 0 Å². The third kappa shape index (κ3) is 8.29. The second-order valence-electron chi connectivity index (χ2n) is 4.99. The molecule has 0 unspecified atom stereocenters. The van der Waals surface area contributed by atoms with Gasteiger partial charge in [-0.3, -0.25) is 0 Å². The van der Waals surface area contributed by atoms with Crippen LogP contribution in [0.15, 0.2) is 16.9 Å². The Balaban J connectivity index is 1.72. The van der Waals surface area contributed by atoms with Gasteiger partial charge in [-0.1, -0.05) is 39.0 Å². The highest BCUT2D eigenvalue weighted by atomic mass is 15.0. The van der Waals surface area contributed by atoms with E-state index in [-0.39, 0.29) is 0 Å². The summed E-state index contributed by atoms with van der Waals surface area (Å²) in [5, 5.41) is 7.50. The van der Waals surface area contributed by atoms with Crippen LogP contribution in [0.2, 0.25) is 0 Å². The van der Waals surface area contributed by atoms with Gasteiger partial charge in [-0.25, -0.2) is 10.3 Å². The summed E-state index contributed by atoms with van der Waals surface area (Å²) < 4.78 is 0. The Morgan fingerprint density at radius 2 is 1.67 bits per heavy atom. The molecule has 0 aromatic carbocycles. The third-order valence-electron chi connectivity index (χ3n) is 3.26. The average Bonchev–Trinajstić information content (AvgIpc) is 2.89. The number of allylic oxidation sites excluding steroid dienone is 1. The van der Waals surface area contributed by atoms with E-state index >= 15 is 0 Å². The van der Waals surface area contributed by atoms with Crippen LogP contribution in [0, 0.1) is 0 Å². The molecule has 0 amide bonds. The van der Waals surface area contributed by atoms with Crippen LogP contribution < -0.4 is 10.6 Å². The van der Waals surface area contributed by atoms with Crippen molar-refractivity contribution in [2.75, 3.05) is 13.1 Å². The summed E-state index contributed by atoms with van der Waals surface area (Å²) in [4.78, 5) is 4.18. The summed E-state index contributed by atoms with van der Waals surface area (Å²) in [7, 11) is 0. The highest BCUT2D eigenvalue weighted by molar-refractivity contribution is 5.60. The molecule has 1 heterocycles. The summed E-state index contributed by atoms with van der Waals surface area (Å²) in [6.07, 6.45) is 15.2. The zero-order valence-corrected chi connectivity index (χ0v) is 11.8. The molecular formula is C15H28N3. The molecular weight excluding hydrogens is 222 g/mol. The minimum absolute atomic E-state index is 1.09. The molecule has 1 N–H and O–H groups in total. The van der Waals surface area contributed by atoms with Crippen molar-refractivity contribution in [2.24, 2.45) is 4.99 Å². The molecule has 1 aliphatic rings. The fourth-order valence-electron chi connectivity index (χ4n) is 2.10. The van der Waals surface area contributed by atoms with E-state index in [9.17, 15) is 0 Å². The Kier molecular flexibility index (Phi) is 9.54. The van der Waals surface area contributed by atoms with E-state index in [0.717, 1.165) is 12.1 Å². The third-order valence-corrected chi connectivity index (χ3v) is 3.26. The van der Waals surface area contributed by atoms with Crippen molar-refractivity contribution in [3.63, 3.8) is 0 Å². The Morgan fingerprint density at radius 1 is 0.944 bits per heavy atom. The summed E-state index contributed by atoms with van der Waals surface area (Å²) >= 11 is 0. The van der Waals surface area contributed by atoms with Crippen LogP contribution in [-0.2, 0) is 0 Å². The summed E-state index contributed by atoms with van der Waals surface area (Å²) in [5.41, 5.74) is 1.14. The number of hydrogen-bond donors (Lipinski definition) is 1. The average molecular weight is 250 g/mol. The quantitative estimate of drug-likeness (QED) is 0.528. The fourth-order valence-corrected chi connectivity index (χ4v) is 2.10. The zero-order chi connectivity index (χ0) is 12.9. The SMILES string of the molecule is CCCCCCNCCCCCCC1=C[N]C=N1. The first kappa shape index (κ1) is 15.2. The van der Waals surface area contributed by atoms with E-state index in [1.165, 1.54) is 64.5 Å². The van der Waals surface area contributed by atoms with E-state index in [2.05, 4.69) is 22.5 Å². The maximum absolute atomic E-state index is 4.18. The van der Waals surface area contributed by atoms with Crippen LogP contribution in [0.5, 0.6) is 0 Å². The van der Waals surface area contributed by atoms with Crippen molar-refractivity contribution in [3.8, 4) is 0 Å². The maximum Gasteiger partial charge on any atom is 0.115 e. The molecule has 103 valence electrons. The predicted octanol–water partition coefficient (Wildman–Crippen LogP) is 3.59. The van der Waals surface area contributed by atoms with Crippen molar-refractivity contribution in [1.29, 1.82) is 0 Å². The Hall–Kier alpha value is -0.830. The Labute approximate surface area is 112 Å². The molecule has 0 bridgehead atoms. The van der Waals surface area contributed by atoms with Gasteiger partial charge in [0, 0.05) is 0 Å². The van der Waals surface area contributed by atoms with E-state index in [1.807, 2.05) is 6.20 Å². The van der Waals surface area contributed by atoms with Crippen molar-refractivity contribution >= 4 is 6.34 Å². The van der Waals surface area contributed by atoms with Crippen LogP contribution in [0.25, 0.3) is 0 Å². The minimum Gasteiger partial charge on any atom is -0.317 e. The van der Waals surface area contributed by atoms with Crippen molar-refractivity contribution in [2.45, 2.75) is 64.7 Å². The number of rotatable bonds is 12. The van der Waals surface area contributed by atoms with E-state index in [4.69, 9.17) is 0 Å². The van der Waals surface area contributed by atoms with Crippen LogP contribution >= 0.6 is 0 Å². The monoisotopic (exact) mass is 250 g/mol. The summed E-state index contributed by atoms with van der Waals surface area (Å²) in [5.74, 6) is 0. The highest BCUT2D eigenvalue weighted by Crippen LogP contribution is 2.12. The van der Waals surface area contributed by atoms with Crippen molar-refractivity contribution in [1.82, 2.24) is 10.6 Å². The van der Waals surface area contributed by atoms with Gasteiger partial charge >= 0.3 is 0 Å². The van der Waals surface area contributed by atoms with Crippen LogP contribution in [0.1, 0.15) is 64.7 Å². The maximum atomic E-state index is 4.18. The van der Waals surface area contributed by atoms with Crippen LogP contribution in [-0.4, -0.2) is 19.4 Å². The van der Waals surface area contributed by atoms with Gasteiger partial charge in [-0.15, -0.1) is 0 Å². The van der Waals surface area contributed by atoms with Gasteiger partial charge in [0.05, 0.1) is 11.9 Å². The Morgan fingerprint density at radius 3 is 2.33 bits per heavy atom. The second-order valence-corrected chi connectivity index (χ2v) is 4.99. The normalized spacial score (nSPS) is 13.7. The van der Waals surface area contributed by atoms with Crippen molar-refractivity contribution < 1.29 is 0 Å². The molecule has 1 rings (SSSR count). The molecule has 1 radical (unpaired) electrons. The van der Waals surface area contributed by atoms with E-state index in [1.54, 1.807) is 6.34 Å². The van der Waals surface area contributed by atoms with E-state index < -0.39 is 0 Å². The smallest absolute Gasteiger partial charge is 0.115 e. The number of unbranched alkanes of at least 4 members (excludes halogenated alkanes) is 6. The number of aliphatic imine (C=N–C) groups is 1. The number of hydrogen-bond acceptors (Lipinski definition) is 2. The lowest BCUT2D eigenvalue weighted by atomic mass is 10.1. The first-order valence-corrected chi connectivity index (χ1v) is 7.55. The first-order valence-electron chi connectivity index (χ1n) is 7.55. The van der Waals surface area contributed by atoms with E-state index in [0.29, 0.717) is 0 Å². The number of nitrogens with zero attached hydrogens (tertiary/aromatic N) is 2. The second kappa shape index (κ2) is 11.3. The van der Waals surface area contributed by atoms with Gasteiger partial charge in [-0.05, 0) is 38.8 Å². The highest BCUT2D eigenvalue weighted by Gasteiger charge is 1.99. The number of nitrogens with one attached hydrogen (secondary N) is 1. The molecule has 1 aliphatic heterocycles. The molecule has 0 atom stereocenters. The molecule has 0 saturated heterocycles. The topological polar surface area (TPSA) is 38.5 Å². The molecule has 0 aromatic heterocycles. The predicted molar refractivity (Wildman–Crippen MR) is 78.8 cm³/mol. The van der Waals surface area contributed by atoms with Gasteiger partial charge in [0.2, 0.25) is 0 Å². The van der Waals surface area contributed by atoms with Gasteiger partial charge in [-0.2, -0.15) is 0 Å². The zero-order valence-electron chi connectivity index (χ0n) is 11.8. The molecule has 3 heteroatoms. The molecule has 0 saturated carbocycles. The standard InChI is InChI=1S/C15H28N3/c1-2-3-4-8-11-16-12-9-6-5-7-10-15-13-17-14-18-15/h13-14,16H,2-12H2,1H3. The summed E-state index contributed by atoms with van der Waals surface area (Å²) in [6.45, 7) is 4.64. The van der Waals surface area contributed by atoms with Gasteiger partial charge in [0.25, 0.3) is 0 Å².